The van der Waals surface area contributed by atoms with Crippen LogP contribution in [0.15, 0.2) is 36.5 Å². The van der Waals surface area contributed by atoms with Gasteiger partial charge in [0.15, 0.2) is 0 Å². The van der Waals surface area contributed by atoms with Crippen molar-refractivity contribution in [3.05, 3.63) is 52.9 Å². The maximum absolute atomic E-state index is 10.3. The largest absolute Gasteiger partial charge is 0.457 e. The highest BCUT2D eigenvalue weighted by Crippen LogP contribution is 2.34. The SMILES string of the molecule is Cc1nn(C)c(C)c1-c1cc(Oc2ccc3nc(C[C@@H]4CCCC[C@H]4O)sc3c2)ccn1. The van der Waals surface area contributed by atoms with Crippen LogP contribution in [0.2, 0.25) is 0 Å². The Morgan fingerprint density at radius 2 is 1.94 bits per heavy atom. The minimum Gasteiger partial charge on any atom is -0.457 e. The Balaban J connectivity index is 1.36. The van der Waals surface area contributed by atoms with Gasteiger partial charge in [0.05, 0.1) is 32.7 Å². The molecule has 7 heteroatoms. The van der Waals surface area contributed by atoms with Crippen LogP contribution in [0.3, 0.4) is 0 Å². The highest BCUT2D eigenvalue weighted by Gasteiger charge is 2.24. The summed E-state index contributed by atoms with van der Waals surface area (Å²) in [6, 6.07) is 9.86. The maximum Gasteiger partial charge on any atom is 0.131 e. The van der Waals surface area contributed by atoms with Gasteiger partial charge < -0.3 is 9.84 Å². The Morgan fingerprint density at radius 1 is 1.12 bits per heavy atom. The van der Waals surface area contributed by atoms with Crippen LogP contribution in [-0.4, -0.2) is 31.0 Å². The van der Waals surface area contributed by atoms with Gasteiger partial charge in [0, 0.05) is 43.1 Å². The highest BCUT2D eigenvalue weighted by atomic mass is 32.1. The molecule has 6 nitrogen and oxygen atoms in total. The molecule has 1 saturated carbocycles. The molecule has 3 aromatic heterocycles. The topological polar surface area (TPSA) is 73.1 Å². The number of hydrogen-bond acceptors (Lipinski definition) is 6. The molecule has 3 heterocycles. The van der Waals surface area contributed by atoms with E-state index in [1.165, 1.54) is 6.42 Å². The molecular weight excluding hydrogens is 420 g/mol. The van der Waals surface area contributed by atoms with Crippen molar-refractivity contribution >= 4 is 21.6 Å². The van der Waals surface area contributed by atoms with E-state index >= 15 is 0 Å². The molecule has 32 heavy (non-hydrogen) atoms. The highest BCUT2D eigenvalue weighted by molar-refractivity contribution is 7.18. The van der Waals surface area contributed by atoms with Gasteiger partial charge in [0.1, 0.15) is 11.5 Å². The molecule has 0 bridgehead atoms. The Morgan fingerprint density at radius 3 is 2.72 bits per heavy atom. The van der Waals surface area contributed by atoms with E-state index in [1.54, 1.807) is 17.5 Å². The molecule has 1 N–H and O–H groups in total. The van der Waals surface area contributed by atoms with Crippen LogP contribution in [0.25, 0.3) is 21.5 Å². The lowest BCUT2D eigenvalue weighted by molar-refractivity contribution is 0.0700. The first-order valence-corrected chi connectivity index (χ1v) is 12.0. The number of nitrogens with zero attached hydrogens (tertiary/aromatic N) is 4. The molecule has 1 fully saturated rings. The summed E-state index contributed by atoms with van der Waals surface area (Å²) in [7, 11) is 1.94. The molecule has 0 radical (unpaired) electrons. The molecule has 1 aromatic carbocycles. The van der Waals surface area contributed by atoms with Crippen molar-refractivity contribution in [2.75, 3.05) is 0 Å². The summed E-state index contributed by atoms with van der Waals surface area (Å²) >= 11 is 1.70. The second-order valence-electron chi connectivity index (χ2n) is 8.70. The second-order valence-corrected chi connectivity index (χ2v) is 9.82. The number of benzene rings is 1. The van der Waals surface area contributed by atoms with Crippen LogP contribution in [0.1, 0.15) is 42.1 Å². The van der Waals surface area contributed by atoms with Gasteiger partial charge >= 0.3 is 0 Å². The summed E-state index contributed by atoms with van der Waals surface area (Å²) in [5.74, 6) is 1.85. The van der Waals surface area contributed by atoms with Crippen LogP contribution in [0.4, 0.5) is 0 Å². The number of hydrogen-bond donors (Lipinski definition) is 1. The number of ether oxygens (including phenoxy) is 1. The zero-order valence-electron chi connectivity index (χ0n) is 18.7. The summed E-state index contributed by atoms with van der Waals surface area (Å²) in [5.41, 5.74) is 4.92. The number of pyridine rings is 1. The third-order valence-electron chi connectivity index (χ3n) is 6.44. The van der Waals surface area contributed by atoms with E-state index < -0.39 is 0 Å². The van der Waals surface area contributed by atoms with Gasteiger partial charge in [0.25, 0.3) is 0 Å². The molecule has 1 aliphatic carbocycles. The smallest absolute Gasteiger partial charge is 0.131 e. The lowest BCUT2D eigenvalue weighted by atomic mass is 9.84. The summed E-state index contributed by atoms with van der Waals surface area (Å²) < 4.78 is 9.17. The molecule has 0 aliphatic heterocycles. The van der Waals surface area contributed by atoms with E-state index in [1.807, 2.05) is 49.8 Å². The van der Waals surface area contributed by atoms with Crippen molar-refractivity contribution in [1.82, 2.24) is 19.7 Å². The molecule has 0 spiro atoms. The second kappa shape index (κ2) is 8.64. The summed E-state index contributed by atoms with van der Waals surface area (Å²) in [5, 5.41) is 15.9. The van der Waals surface area contributed by atoms with Gasteiger partial charge in [-0.05, 0) is 50.8 Å². The average Bonchev–Trinajstić information content (AvgIpc) is 3.28. The maximum atomic E-state index is 10.3. The third kappa shape index (κ3) is 4.14. The third-order valence-corrected chi connectivity index (χ3v) is 7.48. The summed E-state index contributed by atoms with van der Waals surface area (Å²) in [6.07, 6.45) is 6.78. The molecule has 0 unspecified atom stereocenters. The predicted molar refractivity (Wildman–Crippen MR) is 127 cm³/mol. The molecule has 4 aromatic rings. The van der Waals surface area contributed by atoms with Gasteiger partial charge in [-0.15, -0.1) is 11.3 Å². The summed E-state index contributed by atoms with van der Waals surface area (Å²) in [4.78, 5) is 9.34. The monoisotopic (exact) mass is 448 g/mol. The minimum atomic E-state index is -0.192. The predicted octanol–water partition coefficient (Wildman–Crippen LogP) is 5.59. The van der Waals surface area contributed by atoms with E-state index in [0.717, 1.165) is 75.1 Å². The van der Waals surface area contributed by atoms with E-state index in [9.17, 15) is 5.11 Å². The number of aromatic nitrogens is 4. The number of fused-ring (bicyclic) bond motifs is 1. The van der Waals surface area contributed by atoms with Crippen LogP contribution in [0.5, 0.6) is 11.5 Å². The van der Waals surface area contributed by atoms with Crippen molar-refractivity contribution in [3.63, 3.8) is 0 Å². The quantitative estimate of drug-likeness (QED) is 0.431. The van der Waals surface area contributed by atoms with Crippen molar-refractivity contribution in [2.45, 2.75) is 52.1 Å². The molecule has 0 saturated heterocycles. The Kier molecular flexibility index (Phi) is 5.69. The van der Waals surface area contributed by atoms with E-state index in [0.29, 0.717) is 5.92 Å². The van der Waals surface area contributed by atoms with Gasteiger partial charge in [-0.25, -0.2) is 4.98 Å². The fraction of sp³-hybridized carbons (Fsp3) is 0.400. The molecule has 5 rings (SSSR count). The molecule has 0 amide bonds. The van der Waals surface area contributed by atoms with E-state index in [-0.39, 0.29) is 6.10 Å². The lowest BCUT2D eigenvalue weighted by Crippen LogP contribution is -2.26. The van der Waals surface area contributed by atoms with Crippen molar-refractivity contribution < 1.29 is 9.84 Å². The number of aliphatic hydroxyl groups is 1. The molecule has 1 aliphatic rings. The zero-order valence-corrected chi connectivity index (χ0v) is 19.5. The zero-order chi connectivity index (χ0) is 22.2. The van der Waals surface area contributed by atoms with Crippen LogP contribution < -0.4 is 4.74 Å². The standard InChI is InChI=1S/C25H28N4O2S/c1-15-25(16(2)29(3)28-15)21-13-19(10-11-26-21)31-18-8-9-20-23(14-18)32-24(27-20)12-17-6-4-5-7-22(17)30/h8-11,13-14,17,22,30H,4-7,12H2,1-3H3/t17-,22+/m0/s1. The number of rotatable bonds is 5. The molecule has 166 valence electrons. The van der Waals surface area contributed by atoms with Gasteiger partial charge in [-0.1, -0.05) is 12.8 Å². The Labute approximate surface area is 191 Å². The minimum absolute atomic E-state index is 0.192. The number of aliphatic hydroxyl groups excluding tert-OH is 1. The van der Waals surface area contributed by atoms with Crippen LogP contribution in [0, 0.1) is 19.8 Å². The molecule has 2 atom stereocenters. The number of thiazole rings is 1. The van der Waals surface area contributed by atoms with Gasteiger partial charge in [0.2, 0.25) is 0 Å². The van der Waals surface area contributed by atoms with Gasteiger partial charge in [-0.3, -0.25) is 9.67 Å². The number of aryl methyl sites for hydroxylation is 2. The first kappa shape index (κ1) is 21.1. The first-order chi connectivity index (χ1) is 15.5. The fourth-order valence-corrected chi connectivity index (χ4v) is 5.73. The van der Waals surface area contributed by atoms with Gasteiger partial charge in [-0.2, -0.15) is 5.10 Å². The van der Waals surface area contributed by atoms with E-state index in [4.69, 9.17) is 9.72 Å². The van der Waals surface area contributed by atoms with Crippen molar-refractivity contribution in [2.24, 2.45) is 13.0 Å². The van der Waals surface area contributed by atoms with E-state index in [2.05, 4.69) is 16.1 Å². The normalized spacial score (nSPS) is 18.9. The fourth-order valence-electron chi connectivity index (χ4n) is 4.65. The first-order valence-electron chi connectivity index (χ1n) is 11.2. The van der Waals surface area contributed by atoms with Crippen LogP contribution in [-0.2, 0) is 13.5 Å². The summed E-state index contributed by atoms with van der Waals surface area (Å²) in [6.45, 7) is 4.05. The van der Waals surface area contributed by atoms with Crippen molar-refractivity contribution in [1.29, 1.82) is 0 Å². The molecular formula is C25H28N4O2S. The van der Waals surface area contributed by atoms with Crippen molar-refractivity contribution in [3.8, 4) is 22.8 Å². The average molecular weight is 449 g/mol. The Bertz CT molecular complexity index is 1260. The Hall–Kier alpha value is -2.77. The lowest BCUT2D eigenvalue weighted by Gasteiger charge is -2.26. The van der Waals surface area contributed by atoms with Crippen LogP contribution >= 0.6 is 11.3 Å².